The van der Waals surface area contributed by atoms with Gasteiger partial charge in [-0.05, 0) is 18.2 Å². The first-order valence-corrected chi connectivity index (χ1v) is 5.34. The van der Waals surface area contributed by atoms with Gasteiger partial charge in [0.15, 0.2) is 0 Å². The largest absolute Gasteiger partial charge is 0.416 e. The average Bonchev–Trinajstić information content (AvgIpc) is 2.23. The summed E-state index contributed by atoms with van der Waals surface area (Å²) in [5.74, 6) is -6.85. The van der Waals surface area contributed by atoms with E-state index in [4.69, 9.17) is 0 Å². The van der Waals surface area contributed by atoms with Crippen LogP contribution in [-0.2, 0) is 11.0 Å². The first kappa shape index (κ1) is 18.1. The number of benzene rings is 1. The third-order valence-corrected chi connectivity index (χ3v) is 2.37. The van der Waals surface area contributed by atoms with Gasteiger partial charge in [-0.15, -0.1) is 0 Å². The number of anilines is 1. The molecule has 1 aromatic carbocycles. The van der Waals surface area contributed by atoms with Crippen LogP contribution >= 0.6 is 0 Å². The van der Waals surface area contributed by atoms with Gasteiger partial charge in [0.2, 0.25) is 11.8 Å². The van der Waals surface area contributed by atoms with Crippen LogP contribution < -0.4 is 5.32 Å². The van der Waals surface area contributed by atoms with E-state index in [-0.39, 0.29) is 6.07 Å². The van der Waals surface area contributed by atoms with Gasteiger partial charge in [-0.25, -0.2) is 0 Å². The van der Waals surface area contributed by atoms with Gasteiger partial charge in [-0.3, -0.25) is 4.79 Å². The zero-order valence-electron chi connectivity index (χ0n) is 10.2. The maximum absolute atomic E-state index is 12.4. The Hall–Kier alpha value is -1.94. The minimum absolute atomic E-state index is 0.224. The number of rotatable bonds is 2. The van der Waals surface area contributed by atoms with Crippen LogP contribution in [0.5, 0.6) is 0 Å². The van der Waals surface area contributed by atoms with Crippen molar-refractivity contribution in [3.05, 3.63) is 29.8 Å². The molecule has 0 fully saturated rings. The van der Waals surface area contributed by atoms with Gasteiger partial charge >= 0.3 is 18.5 Å². The number of carbonyl (C=O) groups is 1. The molecule has 1 rings (SSSR count). The van der Waals surface area contributed by atoms with Crippen molar-refractivity contribution >= 4 is 11.6 Å². The Morgan fingerprint density at radius 2 is 1.41 bits per heavy atom. The summed E-state index contributed by atoms with van der Waals surface area (Å²) < 4.78 is 111. The summed E-state index contributed by atoms with van der Waals surface area (Å²) in [6, 6.07) is 2.23. The molecule has 0 aliphatic rings. The van der Waals surface area contributed by atoms with Crippen LogP contribution in [0.3, 0.4) is 0 Å². The fraction of sp³-hybridized carbons (Fsp3) is 0.364. The standard InChI is InChI=1S/C11H6F9NO/c12-9(13,14)5-2-1-3-6(4-5)21-8(22)7(10(15,16)17)11(18,19)20/h1-4,7H,(H,21,22). The first-order valence-electron chi connectivity index (χ1n) is 5.34. The second kappa shape index (κ2) is 5.69. The Bertz CT molecular complexity index is 530. The zero-order chi connectivity index (χ0) is 17.3. The Balaban J connectivity index is 3.06. The van der Waals surface area contributed by atoms with Crippen LogP contribution in [0.1, 0.15) is 5.56 Å². The van der Waals surface area contributed by atoms with Crippen LogP contribution in [0.25, 0.3) is 0 Å². The van der Waals surface area contributed by atoms with E-state index in [2.05, 4.69) is 0 Å². The van der Waals surface area contributed by atoms with Crippen molar-refractivity contribution in [2.45, 2.75) is 18.5 Å². The minimum Gasteiger partial charge on any atom is -0.325 e. The molecule has 0 bridgehead atoms. The predicted octanol–water partition coefficient (Wildman–Crippen LogP) is 4.38. The molecule has 0 aromatic heterocycles. The van der Waals surface area contributed by atoms with Gasteiger partial charge in [0, 0.05) is 5.69 Å². The van der Waals surface area contributed by atoms with Crippen molar-refractivity contribution in [1.82, 2.24) is 0 Å². The van der Waals surface area contributed by atoms with E-state index in [1.54, 1.807) is 0 Å². The zero-order valence-corrected chi connectivity index (χ0v) is 10.2. The first-order chi connectivity index (χ1) is 9.73. The van der Waals surface area contributed by atoms with Crippen LogP contribution in [-0.4, -0.2) is 18.3 Å². The van der Waals surface area contributed by atoms with E-state index >= 15 is 0 Å². The quantitative estimate of drug-likeness (QED) is 0.796. The van der Waals surface area contributed by atoms with E-state index in [1.165, 1.54) is 5.32 Å². The Morgan fingerprint density at radius 3 is 1.82 bits per heavy atom. The van der Waals surface area contributed by atoms with Gasteiger partial charge < -0.3 is 5.32 Å². The Labute approximate surface area is 116 Å². The molecule has 11 heteroatoms. The van der Waals surface area contributed by atoms with Crippen molar-refractivity contribution in [3.8, 4) is 0 Å². The normalized spacial score (nSPS) is 13.4. The maximum atomic E-state index is 12.4. The van der Waals surface area contributed by atoms with E-state index in [9.17, 15) is 44.3 Å². The number of hydrogen-bond donors (Lipinski definition) is 1. The molecule has 124 valence electrons. The third kappa shape index (κ3) is 4.53. The van der Waals surface area contributed by atoms with Crippen LogP contribution in [0, 0.1) is 5.92 Å². The number of alkyl halides is 9. The highest BCUT2D eigenvalue weighted by atomic mass is 19.4. The van der Waals surface area contributed by atoms with Crippen molar-refractivity contribution in [1.29, 1.82) is 0 Å². The van der Waals surface area contributed by atoms with Gasteiger partial charge in [0.25, 0.3) is 0 Å². The SMILES string of the molecule is O=C(Nc1cccc(C(F)(F)F)c1)C(C(F)(F)F)C(F)(F)F. The lowest BCUT2D eigenvalue weighted by Gasteiger charge is -2.22. The van der Waals surface area contributed by atoms with Gasteiger partial charge in [-0.2, -0.15) is 39.5 Å². The van der Waals surface area contributed by atoms with Gasteiger partial charge in [-0.1, -0.05) is 6.07 Å². The second-order valence-electron chi connectivity index (χ2n) is 4.08. The van der Waals surface area contributed by atoms with Crippen molar-refractivity contribution < 1.29 is 44.3 Å². The van der Waals surface area contributed by atoms with Crippen molar-refractivity contribution in [2.24, 2.45) is 5.92 Å². The molecule has 0 aliphatic carbocycles. The predicted molar refractivity (Wildman–Crippen MR) is 55.7 cm³/mol. The van der Waals surface area contributed by atoms with E-state index < -0.39 is 41.6 Å². The molecule has 0 saturated carbocycles. The Morgan fingerprint density at radius 1 is 0.909 bits per heavy atom. The van der Waals surface area contributed by atoms with E-state index in [1.807, 2.05) is 0 Å². The summed E-state index contributed by atoms with van der Waals surface area (Å²) in [4.78, 5) is 11.1. The molecule has 0 saturated heterocycles. The fourth-order valence-corrected chi connectivity index (χ4v) is 1.47. The second-order valence-corrected chi connectivity index (χ2v) is 4.08. The Kier molecular flexibility index (Phi) is 4.68. The van der Waals surface area contributed by atoms with Crippen molar-refractivity contribution in [2.75, 3.05) is 5.32 Å². The lowest BCUT2D eigenvalue weighted by molar-refractivity contribution is -0.272. The summed E-state index contributed by atoms with van der Waals surface area (Å²) in [5, 5.41) is 1.19. The summed E-state index contributed by atoms with van der Waals surface area (Å²) in [5.41, 5.74) is -2.17. The van der Waals surface area contributed by atoms with Gasteiger partial charge in [0.1, 0.15) is 0 Å². The highest BCUT2D eigenvalue weighted by Gasteiger charge is 2.61. The number of nitrogens with one attached hydrogen (secondary N) is 1. The highest BCUT2D eigenvalue weighted by molar-refractivity contribution is 5.93. The van der Waals surface area contributed by atoms with Crippen molar-refractivity contribution in [3.63, 3.8) is 0 Å². The molecule has 0 aliphatic heterocycles. The number of hydrogen-bond acceptors (Lipinski definition) is 1. The fourth-order valence-electron chi connectivity index (χ4n) is 1.47. The molecule has 2 nitrogen and oxygen atoms in total. The minimum atomic E-state index is -5.93. The lowest BCUT2D eigenvalue weighted by Crippen LogP contribution is -2.45. The summed E-state index contributed by atoms with van der Waals surface area (Å²) >= 11 is 0. The lowest BCUT2D eigenvalue weighted by atomic mass is 10.1. The van der Waals surface area contributed by atoms with Crippen LogP contribution in [0.15, 0.2) is 24.3 Å². The van der Waals surface area contributed by atoms with Crippen LogP contribution in [0.2, 0.25) is 0 Å². The molecule has 1 aromatic rings. The highest BCUT2D eigenvalue weighted by Crippen LogP contribution is 2.40. The topological polar surface area (TPSA) is 29.1 Å². The molecule has 0 spiro atoms. The average molecular weight is 339 g/mol. The smallest absolute Gasteiger partial charge is 0.325 e. The molecule has 22 heavy (non-hydrogen) atoms. The van der Waals surface area contributed by atoms with E-state index in [0.717, 1.165) is 12.1 Å². The van der Waals surface area contributed by atoms with E-state index in [0.29, 0.717) is 6.07 Å². The number of halogens is 9. The molecular formula is C11H6F9NO. The molecule has 0 atom stereocenters. The molecular weight excluding hydrogens is 333 g/mol. The molecule has 1 amide bonds. The molecule has 0 heterocycles. The molecule has 0 unspecified atom stereocenters. The summed E-state index contributed by atoms with van der Waals surface area (Å²) in [7, 11) is 0. The number of amides is 1. The number of carbonyl (C=O) groups excluding carboxylic acids is 1. The molecule has 1 N–H and O–H groups in total. The van der Waals surface area contributed by atoms with Crippen LogP contribution in [0.4, 0.5) is 45.2 Å². The van der Waals surface area contributed by atoms with Gasteiger partial charge in [0.05, 0.1) is 5.56 Å². The summed E-state index contributed by atoms with van der Waals surface area (Å²) in [6.07, 6.45) is -16.7. The summed E-state index contributed by atoms with van der Waals surface area (Å²) in [6.45, 7) is 0. The monoisotopic (exact) mass is 339 g/mol. The third-order valence-electron chi connectivity index (χ3n) is 2.37. The maximum Gasteiger partial charge on any atom is 0.416 e. The molecule has 0 radical (unpaired) electrons.